The summed E-state index contributed by atoms with van der Waals surface area (Å²) in [7, 11) is 0. The molecule has 0 saturated carbocycles. The van der Waals surface area contributed by atoms with E-state index in [2.05, 4.69) is 66.4 Å². The predicted octanol–water partition coefficient (Wildman–Crippen LogP) is 5.03. The molecule has 1 saturated heterocycles. The summed E-state index contributed by atoms with van der Waals surface area (Å²) in [5.74, 6) is 0. The normalized spacial score (nSPS) is 16.2. The van der Waals surface area contributed by atoms with Gasteiger partial charge in [-0.3, -0.25) is 14.3 Å². The standard InChI is InChI=1S/C24H35N5OS/c1-6-19-16(2)13-17-9-7-10-20(17)22(19)25-23(30)27-31-21-14-18(15-28-11-8-12-28)29(26-21)24(3,4)5/h13-14H,6-12,15H2,1-5H3,(H2,25,27,30). The Hall–Kier alpha value is -1.99. The van der Waals surface area contributed by atoms with Gasteiger partial charge in [0.25, 0.3) is 0 Å². The number of nitrogens with one attached hydrogen (secondary N) is 2. The number of rotatable bonds is 6. The SMILES string of the molecule is CCc1c(C)cc2c(c1NC(=O)NSc1cc(CN3CCC3)n(C(C)(C)C)n1)CCC2. The number of nitrogens with zero attached hydrogens (tertiary/aromatic N) is 3. The summed E-state index contributed by atoms with van der Waals surface area (Å²) >= 11 is 1.29. The fourth-order valence-electron chi connectivity index (χ4n) is 4.69. The highest BCUT2D eigenvalue weighted by Crippen LogP contribution is 2.35. The summed E-state index contributed by atoms with van der Waals surface area (Å²) in [6, 6.07) is 4.22. The third-order valence-corrected chi connectivity index (χ3v) is 7.00. The summed E-state index contributed by atoms with van der Waals surface area (Å²) in [6.45, 7) is 14.0. The van der Waals surface area contributed by atoms with Gasteiger partial charge >= 0.3 is 6.03 Å². The van der Waals surface area contributed by atoms with Gasteiger partial charge in [-0.05, 0) is 101 Å². The molecular formula is C24H35N5OS. The van der Waals surface area contributed by atoms with Gasteiger partial charge in [-0.2, -0.15) is 5.10 Å². The number of aromatic nitrogens is 2. The Bertz CT molecular complexity index is 968. The zero-order chi connectivity index (χ0) is 22.2. The van der Waals surface area contributed by atoms with Crippen molar-refractivity contribution in [1.29, 1.82) is 0 Å². The van der Waals surface area contributed by atoms with Crippen LogP contribution in [0.2, 0.25) is 0 Å². The number of likely N-dealkylation sites (tertiary alicyclic amines) is 1. The highest BCUT2D eigenvalue weighted by Gasteiger charge is 2.24. The summed E-state index contributed by atoms with van der Waals surface area (Å²) < 4.78 is 5.05. The predicted molar refractivity (Wildman–Crippen MR) is 128 cm³/mol. The van der Waals surface area contributed by atoms with Crippen LogP contribution in [-0.4, -0.2) is 33.8 Å². The first-order chi connectivity index (χ1) is 14.8. The van der Waals surface area contributed by atoms with E-state index in [9.17, 15) is 4.79 Å². The number of amides is 2. The molecular weight excluding hydrogens is 406 g/mol. The van der Waals surface area contributed by atoms with Gasteiger partial charge in [0.15, 0.2) is 0 Å². The van der Waals surface area contributed by atoms with E-state index in [0.717, 1.165) is 56.0 Å². The molecule has 2 heterocycles. The minimum absolute atomic E-state index is 0.0978. The molecule has 7 heteroatoms. The molecule has 0 bridgehead atoms. The first kappa shape index (κ1) is 22.2. The van der Waals surface area contributed by atoms with Crippen LogP contribution in [0.1, 0.15) is 68.5 Å². The Morgan fingerprint density at radius 3 is 2.61 bits per heavy atom. The molecule has 2 amide bonds. The van der Waals surface area contributed by atoms with E-state index in [4.69, 9.17) is 5.10 Å². The lowest BCUT2D eigenvalue weighted by molar-refractivity contribution is 0.162. The van der Waals surface area contributed by atoms with E-state index in [1.807, 2.05) is 0 Å². The van der Waals surface area contributed by atoms with Crippen LogP contribution in [0.4, 0.5) is 10.5 Å². The third kappa shape index (κ3) is 4.77. The van der Waals surface area contributed by atoms with Gasteiger partial charge in [-0.1, -0.05) is 13.0 Å². The fraction of sp³-hybridized carbons (Fsp3) is 0.583. The number of aryl methyl sites for hydroxylation is 2. The lowest BCUT2D eigenvalue weighted by Crippen LogP contribution is -2.38. The van der Waals surface area contributed by atoms with Gasteiger partial charge in [0.05, 0.1) is 11.2 Å². The van der Waals surface area contributed by atoms with Gasteiger partial charge < -0.3 is 5.32 Å². The number of hydrogen-bond donors (Lipinski definition) is 2. The molecule has 31 heavy (non-hydrogen) atoms. The average Bonchev–Trinajstić information content (AvgIpc) is 3.29. The minimum atomic E-state index is -0.186. The number of benzene rings is 1. The maximum Gasteiger partial charge on any atom is 0.329 e. The molecule has 168 valence electrons. The molecule has 1 aliphatic carbocycles. The topological polar surface area (TPSA) is 62.2 Å². The number of carbonyl (C=O) groups is 1. The van der Waals surface area contributed by atoms with Gasteiger partial charge in [0, 0.05) is 24.2 Å². The van der Waals surface area contributed by atoms with Crippen molar-refractivity contribution in [3.8, 4) is 0 Å². The monoisotopic (exact) mass is 441 g/mol. The number of hydrogen-bond acceptors (Lipinski definition) is 4. The third-order valence-electron chi connectivity index (χ3n) is 6.30. The largest absolute Gasteiger partial charge is 0.329 e. The average molecular weight is 442 g/mol. The van der Waals surface area contributed by atoms with Crippen LogP contribution in [0.25, 0.3) is 0 Å². The smallest absolute Gasteiger partial charge is 0.307 e. The van der Waals surface area contributed by atoms with Crippen LogP contribution < -0.4 is 10.0 Å². The summed E-state index contributed by atoms with van der Waals surface area (Å²) in [6.07, 6.45) is 5.50. The Labute approximate surface area is 190 Å². The van der Waals surface area contributed by atoms with E-state index in [0.29, 0.717) is 0 Å². The van der Waals surface area contributed by atoms with E-state index in [1.54, 1.807) is 0 Å². The molecule has 2 N–H and O–H groups in total. The maximum atomic E-state index is 12.8. The van der Waals surface area contributed by atoms with Crippen molar-refractivity contribution in [2.75, 3.05) is 18.4 Å². The highest BCUT2D eigenvalue weighted by atomic mass is 32.2. The second kappa shape index (κ2) is 8.87. The Morgan fingerprint density at radius 1 is 1.19 bits per heavy atom. The van der Waals surface area contributed by atoms with E-state index < -0.39 is 0 Å². The molecule has 2 aliphatic rings. The van der Waals surface area contributed by atoms with Crippen molar-refractivity contribution in [2.24, 2.45) is 0 Å². The van der Waals surface area contributed by atoms with Gasteiger partial charge in [0.2, 0.25) is 0 Å². The van der Waals surface area contributed by atoms with Crippen LogP contribution in [0.15, 0.2) is 17.2 Å². The molecule has 0 atom stereocenters. The van der Waals surface area contributed by atoms with Crippen LogP contribution in [0.5, 0.6) is 0 Å². The van der Waals surface area contributed by atoms with Gasteiger partial charge in [-0.15, -0.1) is 0 Å². The molecule has 1 aliphatic heterocycles. The molecule has 4 rings (SSSR count). The summed E-state index contributed by atoms with van der Waals surface area (Å²) in [4.78, 5) is 15.2. The number of anilines is 1. The van der Waals surface area contributed by atoms with Crippen molar-refractivity contribution in [1.82, 2.24) is 19.4 Å². The molecule has 0 radical (unpaired) electrons. The summed E-state index contributed by atoms with van der Waals surface area (Å²) in [5, 5.41) is 8.77. The van der Waals surface area contributed by atoms with E-state index >= 15 is 0 Å². The number of fused-ring (bicyclic) bond motifs is 1. The first-order valence-electron chi connectivity index (χ1n) is 11.5. The van der Waals surface area contributed by atoms with Crippen LogP contribution in [0.3, 0.4) is 0 Å². The van der Waals surface area contributed by atoms with Crippen molar-refractivity contribution in [3.63, 3.8) is 0 Å². The van der Waals surface area contributed by atoms with Crippen molar-refractivity contribution >= 4 is 23.7 Å². The molecule has 1 aromatic heterocycles. The fourth-order valence-corrected chi connectivity index (χ4v) is 5.26. The molecule has 1 aromatic carbocycles. The first-order valence-corrected chi connectivity index (χ1v) is 12.3. The molecule has 0 unspecified atom stereocenters. The molecule has 6 nitrogen and oxygen atoms in total. The van der Waals surface area contributed by atoms with Crippen molar-refractivity contribution in [3.05, 3.63) is 40.1 Å². The number of carbonyl (C=O) groups excluding carboxylic acids is 1. The minimum Gasteiger partial charge on any atom is -0.307 e. The second-order valence-electron chi connectivity index (χ2n) is 9.74. The Balaban J connectivity index is 1.46. The maximum absolute atomic E-state index is 12.8. The Kier molecular flexibility index (Phi) is 6.35. The van der Waals surface area contributed by atoms with Crippen LogP contribution in [-0.2, 0) is 31.3 Å². The van der Waals surface area contributed by atoms with E-state index in [1.165, 1.54) is 46.3 Å². The zero-order valence-electron chi connectivity index (χ0n) is 19.5. The summed E-state index contributed by atoms with van der Waals surface area (Å²) in [5.41, 5.74) is 7.34. The molecule has 2 aromatic rings. The molecule has 0 spiro atoms. The van der Waals surface area contributed by atoms with Crippen molar-refractivity contribution < 1.29 is 4.79 Å². The molecule has 1 fully saturated rings. The van der Waals surface area contributed by atoms with Gasteiger partial charge in [-0.25, -0.2) is 4.79 Å². The van der Waals surface area contributed by atoms with E-state index in [-0.39, 0.29) is 11.6 Å². The van der Waals surface area contributed by atoms with Crippen molar-refractivity contribution in [2.45, 2.75) is 83.8 Å². The van der Waals surface area contributed by atoms with Gasteiger partial charge in [0.1, 0.15) is 5.03 Å². The lowest BCUT2D eigenvalue weighted by Gasteiger charge is -2.32. The highest BCUT2D eigenvalue weighted by molar-refractivity contribution is 7.97. The second-order valence-corrected chi connectivity index (χ2v) is 10.6. The quantitative estimate of drug-likeness (QED) is 0.617. The van der Waals surface area contributed by atoms with Crippen LogP contribution >= 0.6 is 11.9 Å². The zero-order valence-corrected chi connectivity index (χ0v) is 20.3. The van der Waals surface area contributed by atoms with Crippen LogP contribution in [0, 0.1) is 6.92 Å². The Morgan fingerprint density at radius 2 is 1.97 bits per heavy atom. The lowest BCUT2D eigenvalue weighted by atomic mass is 9.96. The number of urea groups is 1.